The molecule has 2 fully saturated rings. The van der Waals surface area contributed by atoms with E-state index in [0.29, 0.717) is 56.9 Å². The second-order valence-corrected chi connectivity index (χ2v) is 7.68. The van der Waals surface area contributed by atoms with Crippen LogP contribution in [-0.4, -0.2) is 71.4 Å². The van der Waals surface area contributed by atoms with E-state index in [1.807, 2.05) is 24.3 Å². The predicted octanol–water partition coefficient (Wildman–Crippen LogP) is 2.01. The number of benzene rings is 1. The third-order valence-corrected chi connectivity index (χ3v) is 5.74. The third-order valence-electron chi connectivity index (χ3n) is 5.74. The van der Waals surface area contributed by atoms with E-state index in [-0.39, 0.29) is 5.69 Å². The van der Waals surface area contributed by atoms with Gasteiger partial charge in [0.1, 0.15) is 5.82 Å². The fourth-order valence-electron chi connectivity index (χ4n) is 3.97. The average Bonchev–Trinajstić information content (AvgIpc) is 2.80. The molecule has 2 aliphatic rings. The molecule has 4 N–H and O–H groups in total. The highest BCUT2D eigenvalue weighted by Crippen LogP contribution is 2.30. The highest BCUT2D eigenvalue weighted by Gasteiger charge is 2.23. The summed E-state index contributed by atoms with van der Waals surface area (Å²) in [5, 5.41) is 12.3. The number of aromatic nitrogens is 2. The fourth-order valence-corrected chi connectivity index (χ4v) is 3.97. The smallest absolute Gasteiger partial charge is 0.407 e. The normalized spacial score (nSPS) is 17.4. The Hall–Kier alpha value is -3.40. The zero-order chi connectivity index (χ0) is 21.8. The number of likely N-dealkylation sites (tertiary alicyclic amines) is 1. The van der Waals surface area contributed by atoms with Crippen LogP contribution >= 0.6 is 0 Å². The van der Waals surface area contributed by atoms with Crippen LogP contribution in [-0.2, 0) is 4.74 Å². The second-order valence-electron chi connectivity index (χ2n) is 7.68. The van der Waals surface area contributed by atoms with Crippen molar-refractivity contribution in [2.45, 2.75) is 18.8 Å². The minimum absolute atomic E-state index is 0.0853. The number of carbonyl (C=O) groups is 2. The molecule has 0 spiro atoms. The van der Waals surface area contributed by atoms with Crippen molar-refractivity contribution >= 4 is 29.3 Å². The molecule has 31 heavy (non-hydrogen) atoms. The zero-order valence-electron chi connectivity index (χ0n) is 17.2. The molecule has 4 rings (SSSR count). The van der Waals surface area contributed by atoms with Crippen molar-refractivity contribution < 1.29 is 19.4 Å². The van der Waals surface area contributed by atoms with Gasteiger partial charge in [0.15, 0.2) is 11.5 Å². The quantitative estimate of drug-likeness (QED) is 0.661. The van der Waals surface area contributed by atoms with Gasteiger partial charge in [-0.3, -0.25) is 4.79 Å². The molecule has 0 saturated carbocycles. The van der Waals surface area contributed by atoms with Crippen molar-refractivity contribution in [3.8, 4) is 0 Å². The Bertz CT molecular complexity index is 937. The van der Waals surface area contributed by atoms with Crippen LogP contribution in [0.4, 0.5) is 22.1 Å². The molecule has 0 bridgehead atoms. The first-order chi connectivity index (χ1) is 15.0. The van der Waals surface area contributed by atoms with Gasteiger partial charge in [0.05, 0.1) is 19.4 Å². The molecule has 0 unspecified atom stereocenters. The fraction of sp³-hybridized carbons (Fsp3) is 0.429. The van der Waals surface area contributed by atoms with E-state index in [1.165, 1.54) is 10.5 Å². The first-order valence-electron chi connectivity index (χ1n) is 10.4. The molecule has 10 heteroatoms. The molecule has 1 aromatic heterocycles. The van der Waals surface area contributed by atoms with E-state index in [0.717, 1.165) is 18.5 Å². The maximum absolute atomic E-state index is 11.8. The van der Waals surface area contributed by atoms with Gasteiger partial charge in [-0.2, -0.15) is 0 Å². The Morgan fingerprint density at radius 1 is 1.10 bits per heavy atom. The number of carbonyl (C=O) groups excluding carboxylic acids is 1. The number of nitrogens with two attached hydrogens (primary N) is 1. The molecular formula is C21H26N6O4. The Morgan fingerprint density at radius 3 is 2.39 bits per heavy atom. The van der Waals surface area contributed by atoms with E-state index >= 15 is 0 Å². The Kier molecular flexibility index (Phi) is 6.17. The Labute approximate surface area is 180 Å². The van der Waals surface area contributed by atoms with Crippen LogP contribution < -0.4 is 16.0 Å². The highest BCUT2D eigenvalue weighted by atomic mass is 16.5. The lowest BCUT2D eigenvalue weighted by atomic mass is 9.89. The number of piperidine rings is 1. The molecule has 164 valence electrons. The van der Waals surface area contributed by atoms with E-state index in [9.17, 15) is 9.59 Å². The van der Waals surface area contributed by atoms with Crippen molar-refractivity contribution in [2.75, 3.05) is 49.6 Å². The number of primary amides is 1. The number of anilines is 3. The third kappa shape index (κ3) is 4.85. The molecule has 1 aromatic carbocycles. The Morgan fingerprint density at radius 2 is 1.77 bits per heavy atom. The number of hydrogen-bond acceptors (Lipinski definition) is 7. The van der Waals surface area contributed by atoms with E-state index in [2.05, 4.69) is 20.2 Å². The van der Waals surface area contributed by atoms with Crippen LogP contribution in [0.15, 0.2) is 30.5 Å². The summed E-state index contributed by atoms with van der Waals surface area (Å²) < 4.78 is 5.38. The maximum Gasteiger partial charge on any atom is 0.407 e. The molecule has 2 amide bonds. The summed E-state index contributed by atoms with van der Waals surface area (Å²) in [6.45, 7) is 3.75. The molecular weight excluding hydrogens is 400 g/mol. The summed E-state index contributed by atoms with van der Waals surface area (Å²) >= 11 is 0. The number of rotatable bonds is 5. The summed E-state index contributed by atoms with van der Waals surface area (Å²) in [6.07, 6.45) is 2.31. The lowest BCUT2D eigenvalue weighted by molar-refractivity contribution is 0.0995. The van der Waals surface area contributed by atoms with Crippen LogP contribution in [0, 0.1) is 0 Å². The van der Waals surface area contributed by atoms with Crippen molar-refractivity contribution in [1.82, 2.24) is 14.9 Å². The van der Waals surface area contributed by atoms with Gasteiger partial charge >= 0.3 is 6.09 Å². The van der Waals surface area contributed by atoms with Crippen LogP contribution in [0.2, 0.25) is 0 Å². The van der Waals surface area contributed by atoms with Gasteiger partial charge < -0.3 is 30.7 Å². The number of nitrogens with one attached hydrogen (secondary N) is 1. The lowest BCUT2D eigenvalue weighted by Gasteiger charge is -2.30. The molecule has 0 atom stereocenters. The number of amides is 2. The topological polar surface area (TPSA) is 134 Å². The molecule has 2 aromatic rings. The van der Waals surface area contributed by atoms with Crippen molar-refractivity contribution in [2.24, 2.45) is 5.73 Å². The molecule has 0 aliphatic carbocycles. The number of ether oxygens (including phenoxy) is 1. The van der Waals surface area contributed by atoms with Crippen LogP contribution in [0.5, 0.6) is 0 Å². The first kappa shape index (κ1) is 20.9. The monoisotopic (exact) mass is 426 g/mol. The summed E-state index contributed by atoms with van der Waals surface area (Å²) in [5.74, 6) is 0.664. The number of carboxylic acid groups (broad SMARTS) is 1. The van der Waals surface area contributed by atoms with Gasteiger partial charge in [-0.15, -0.1) is 0 Å². The van der Waals surface area contributed by atoms with E-state index < -0.39 is 12.0 Å². The van der Waals surface area contributed by atoms with Crippen LogP contribution in [0.1, 0.15) is 34.8 Å². The standard InChI is InChI=1S/C21H26N6O4/c22-19(28)18-20(25-17(13-23-18)26-9-11-31-12-10-26)24-16-3-1-14(2-4-16)15-5-7-27(8-6-15)21(29)30/h1-4,13,15H,5-12H2,(H2,22,28)(H,24,25)(H,29,30). The molecule has 10 nitrogen and oxygen atoms in total. The summed E-state index contributed by atoms with van der Waals surface area (Å²) in [6, 6.07) is 7.89. The van der Waals surface area contributed by atoms with Gasteiger partial charge in [0.2, 0.25) is 0 Å². The zero-order valence-corrected chi connectivity index (χ0v) is 17.2. The van der Waals surface area contributed by atoms with Crippen molar-refractivity contribution in [3.63, 3.8) is 0 Å². The van der Waals surface area contributed by atoms with Gasteiger partial charge in [-0.25, -0.2) is 14.8 Å². The maximum atomic E-state index is 11.8. The first-order valence-corrected chi connectivity index (χ1v) is 10.4. The highest BCUT2D eigenvalue weighted by molar-refractivity contribution is 5.96. The number of hydrogen-bond donors (Lipinski definition) is 3. The minimum atomic E-state index is -0.858. The largest absolute Gasteiger partial charge is 0.465 e. The minimum Gasteiger partial charge on any atom is -0.465 e. The van der Waals surface area contributed by atoms with Gasteiger partial charge in [0, 0.05) is 31.9 Å². The average molecular weight is 426 g/mol. The van der Waals surface area contributed by atoms with Crippen LogP contribution in [0.3, 0.4) is 0 Å². The predicted molar refractivity (Wildman–Crippen MR) is 115 cm³/mol. The molecule has 2 saturated heterocycles. The van der Waals surface area contributed by atoms with E-state index in [4.69, 9.17) is 15.6 Å². The molecule has 2 aliphatic heterocycles. The van der Waals surface area contributed by atoms with Crippen LogP contribution in [0.25, 0.3) is 0 Å². The number of morpholine rings is 1. The SMILES string of the molecule is NC(=O)c1ncc(N2CCOCC2)nc1Nc1ccc(C2CCN(C(=O)O)CC2)cc1. The molecule has 0 radical (unpaired) electrons. The van der Waals surface area contributed by atoms with Gasteiger partial charge in [0.25, 0.3) is 5.91 Å². The van der Waals surface area contributed by atoms with Crippen molar-refractivity contribution in [1.29, 1.82) is 0 Å². The van der Waals surface area contributed by atoms with Gasteiger partial charge in [-0.1, -0.05) is 12.1 Å². The second kappa shape index (κ2) is 9.17. The molecule has 3 heterocycles. The summed E-state index contributed by atoms with van der Waals surface area (Å²) in [4.78, 5) is 35.2. The van der Waals surface area contributed by atoms with E-state index in [1.54, 1.807) is 6.20 Å². The van der Waals surface area contributed by atoms with Crippen molar-refractivity contribution in [3.05, 3.63) is 41.7 Å². The Balaban J connectivity index is 1.48. The summed E-state index contributed by atoms with van der Waals surface area (Å²) in [7, 11) is 0. The number of nitrogens with zero attached hydrogens (tertiary/aromatic N) is 4. The van der Waals surface area contributed by atoms with Gasteiger partial charge in [-0.05, 0) is 36.5 Å². The summed E-state index contributed by atoms with van der Waals surface area (Å²) in [5.41, 5.74) is 7.51. The lowest BCUT2D eigenvalue weighted by Crippen LogP contribution is -2.37.